The van der Waals surface area contributed by atoms with Gasteiger partial charge in [0.15, 0.2) is 0 Å². The third-order valence-electron chi connectivity index (χ3n) is 2.02. The van der Waals surface area contributed by atoms with Gasteiger partial charge in [-0.15, -0.1) is 0 Å². The van der Waals surface area contributed by atoms with E-state index in [0.29, 0.717) is 0 Å². The van der Waals surface area contributed by atoms with Gasteiger partial charge >= 0.3 is 42.7 Å². The maximum atomic E-state index is 11.7. The third-order valence-corrected chi connectivity index (χ3v) is 2.02. The van der Waals surface area contributed by atoms with E-state index in [2.05, 4.69) is 0 Å². The van der Waals surface area contributed by atoms with E-state index in [1.54, 1.807) is 6.07 Å². The van der Waals surface area contributed by atoms with Gasteiger partial charge in [0.25, 0.3) is 5.91 Å². The van der Waals surface area contributed by atoms with Gasteiger partial charge < -0.3 is 15.3 Å². The number of carboxylic acids is 3. The van der Waals surface area contributed by atoms with Crippen LogP contribution >= 0.6 is 0 Å². The summed E-state index contributed by atoms with van der Waals surface area (Å²) >= 11 is 0. The summed E-state index contributed by atoms with van der Waals surface area (Å²) < 4.78 is 130. The minimum atomic E-state index is -5.08. The molecule has 1 rings (SSSR count). The van der Waals surface area contributed by atoms with Crippen LogP contribution in [0.25, 0.3) is 0 Å². The average molecular weight is 531 g/mol. The minimum Gasteiger partial charge on any atom is -0.475 e. The molecule has 0 fully saturated rings. The Morgan fingerprint density at radius 3 is 0.971 bits per heavy atom. The van der Waals surface area contributed by atoms with E-state index in [1.807, 2.05) is 0 Å². The first-order valence-corrected chi connectivity index (χ1v) is 7.17. The number of carbonyl (C=O) groups excluding carboxylic acids is 1. The first-order valence-electron chi connectivity index (χ1n) is 7.17. The second kappa shape index (κ2) is 13.7. The molecular formula is C14H9F12NO7. The second-order valence-electron chi connectivity index (χ2n) is 4.73. The zero-order valence-corrected chi connectivity index (χ0v) is 15.4. The Labute approximate surface area is 178 Å². The molecule has 0 spiro atoms. The smallest absolute Gasteiger partial charge is 0.475 e. The lowest BCUT2D eigenvalue weighted by molar-refractivity contribution is -0.193. The number of hydrogen-bond donors (Lipinski definition) is 4. The molecule has 0 aromatic heterocycles. The molecule has 20 heteroatoms. The molecule has 34 heavy (non-hydrogen) atoms. The fraction of sp³-hybridized carbons (Fsp3) is 0.286. The van der Waals surface area contributed by atoms with Crippen LogP contribution in [-0.2, 0) is 14.4 Å². The van der Waals surface area contributed by atoms with E-state index in [4.69, 9.17) is 29.7 Å². The van der Waals surface area contributed by atoms with E-state index in [1.165, 1.54) is 24.3 Å². The van der Waals surface area contributed by atoms with Crippen molar-refractivity contribution in [1.82, 2.24) is 5.32 Å². The number of carbonyl (C=O) groups is 4. The first kappa shape index (κ1) is 34.9. The molecular weight excluding hydrogens is 522 g/mol. The van der Waals surface area contributed by atoms with Crippen molar-refractivity contribution < 1.29 is 87.2 Å². The van der Waals surface area contributed by atoms with E-state index in [0.717, 1.165) is 5.32 Å². The highest BCUT2D eigenvalue weighted by atomic mass is 19.4. The van der Waals surface area contributed by atoms with Gasteiger partial charge in [-0.3, -0.25) is 10.1 Å². The molecule has 1 aromatic carbocycles. The minimum absolute atomic E-state index is 0.0141. The van der Waals surface area contributed by atoms with E-state index in [9.17, 15) is 57.5 Å². The van der Waals surface area contributed by atoms with Crippen molar-refractivity contribution in [1.29, 1.82) is 0 Å². The van der Waals surface area contributed by atoms with Gasteiger partial charge in [0, 0.05) is 5.56 Å². The number of hydrogen-bond acceptors (Lipinski definition) is 4. The maximum Gasteiger partial charge on any atom is 0.490 e. The van der Waals surface area contributed by atoms with Crippen LogP contribution < -0.4 is 5.32 Å². The van der Waals surface area contributed by atoms with Crippen molar-refractivity contribution in [3.63, 3.8) is 0 Å². The highest BCUT2D eigenvalue weighted by Crippen LogP contribution is 2.14. The van der Waals surface area contributed by atoms with Crippen molar-refractivity contribution in [3.05, 3.63) is 35.9 Å². The Kier molecular flexibility index (Phi) is 14.1. The molecule has 1 aromatic rings. The number of aliphatic carboxylic acids is 3. The number of benzene rings is 1. The quantitative estimate of drug-likeness (QED) is 0.319. The molecule has 4 N–H and O–H groups in total. The summed E-state index contributed by atoms with van der Waals surface area (Å²) in [6, 6.07) is 7.21. The summed E-state index contributed by atoms with van der Waals surface area (Å²) in [6.45, 7) is 0. The van der Waals surface area contributed by atoms with Crippen LogP contribution in [0.1, 0.15) is 10.4 Å². The first-order chi connectivity index (χ1) is 14.8. The van der Waals surface area contributed by atoms with E-state index in [-0.39, 0.29) is 5.56 Å². The molecule has 0 radical (unpaired) electrons. The Balaban J connectivity index is -0.000000399. The van der Waals surface area contributed by atoms with Gasteiger partial charge in [0.1, 0.15) is 0 Å². The van der Waals surface area contributed by atoms with E-state index >= 15 is 0 Å². The second-order valence-corrected chi connectivity index (χ2v) is 4.73. The maximum absolute atomic E-state index is 11.7. The number of rotatable bonds is 1. The summed E-state index contributed by atoms with van der Waals surface area (Å²) in [7, 11) is 0. The molecule has 0 heterocycles. The van der Waals surface area contributed by atoms with Crippen LogP contribution in [-0.4, -0.2) is 64.0 Å². The molecule has 0 saturated heterocycles. The molecule has 0 aliphatic heterocycles. The lowest BCUT2D eigenvalue weighted by atomic mass is 10.2. The number of carboxylic acid groups (broad SMARTS) is 3. The predicted octanol–water partition coefficient (Wildman–Crippen LogP) is 3.84. The van der Waals surface area contributed by atoms with Crippen LogP contribution in [0.4, 0.5) is 52.7 Å². The van der Waals surface area contributed by atoms with Crippen LogP contribution in [0.5, 0.6) is 0 Å². The molecule has 8 nitrogen and oxygen atoms in total. The average Bonchev–Trinajstić information content (AvgIpc) is 2.60. The summed E-state index contributed by atoms with van der Waals surface area (Å²) in [4.78, 5) is 37.5. The number of nitrogens with one attached hydrogen (secondary N) is 1. The largest absolute Gasteiger partial charge is 0.490 e. The lowest BCUT2D eigenvalue weighted by Gasteiger charge is -2.07. The van der Waals surface area contributed by atoms with Gasteiger partial charge in [-0.05, 0) is 12.1 Å². The molecule has 196 valence electrons. The van der Waals surface area contributed by atoms with Crippen LogP contribution in [0.3, 0.4) is 0 Å². The van der Waals surface area contributed by atoms with Crippen molar-refractivity contribution in [3.8, 4) is 0 Å². The summed E-state index contributed by atoms with van der Waals surface area (Å²) in [5, 5.41) is 22.3. The SMILES string of the molecule is O=C(NC(F)(F)F)c1ccccc1.O=C(O)C(F)(F)F.O=C(O)C(F)(F)F.O=C(O)C(F)(F)F. The van der Waals surface area contributed by atoms with Crippen LogP contribution in [0.15, 0.2) is 30.3 Å². The molecule has 1 amide bonds. The van der Waals surface area contributed by atoms with Gasteiger partial charge in [-0.2, -0.15) is 52.7 Å². The fourth-order valence-electron chi connectivity index (χ4n) is 0.790. The van der Waals surface area contributed by atoms with Crippen LogP contribution in [0, 0.1) is 0 Å². The van der Waals surface area contributed by atoms with Gasteiger partial charge in [0.05, 0.1) is 0 Å². The topological polar surface area (TPSA) is 141 Å². The zero-order valence-electron chi connectivity index (χ0n) is 15.4. The molecule has 0 saturated carbocycles. The normalized spacial score (nSPS) is 11.2. The number of alkyl halides is 12. The number of amides is 1. The molecule has 0 atom stereocenters. The molecule has 0 aliphatic carbocycles. The van der Waals surface area contributed by atoms with E-state index < -0.39 is 48.6 Å². The highest BCUT2D eigenvalue weighted by molar-refractivity contribution is 5.94. The van der Waals surface area contributed by atoms with Crippen molar-refractivity contribution >= 4 is 23.8 Å². The Hall–Kier alpha value is -3.74. The van der Waals surface area contributed by atoms with Gasteiger partial charge in [-0.25, -0.2) is 14.4 Å². The zero-order chi connectivity index (χ0) is 28.1. The Bertz CT molecular complexity index is 741. The Morgan fingerprint density at radius 2 is 0.794 bits per heavy atom. The van der Waals surface area contributed by atoms with Crippen molar-refractivity contribution in [2.75, 3.05) is 0 Å². The predicted molar refractivity (Wildman–Crippen MR) is 81.0 cm³/mol. The summed E-state index contributed by atoms with van der Waals surface area (Å²) in [6.07, 6.45) is -19.9. The standard InChI is InChI=1S/C8H6F3NO.3C2HF3O2/c9-8(10,11)12-7(13)6-4-2-1-3-5-6;3*3-2(4,5)1(6)7/h1-5H,(H,12,13);3*(H,6,7). The fourth-order valence-corrected chi connectivity index (χ4v) is 0.790. The van der Waals surface area contributed by atoms with Crippen molar-refractivity contribution in [2.45, 2.75) is 24.8 Å². The molecule has 0 unspecified atom stereocenters. The van der Waals surface area contributed by atoms with Crippen molar-refractivity contribution in [2.24, 2.45) is 0 Å². The van der Waals surface area contributed by atoms with Gasteiger partial charge in [0.2, 0.25) is 0 Å². The number of halogens is 12. The third kappa shape index (κ3) is 21.5. The van der Waals surface area contributed by atoms with Crippen LogP contribution in [0.2, 0.25) is 0 Å². The molecule has 0 bridgehead atoms. The Morgan fingerprint density at radius 1 is 0.559 bits per heavy atom. The summed E-state index contributed by atoms with van der Waals surface area (Å²) in [5.41, 5.74) is -0.0141. The van der Waals surface area contributed by atoms with Gasteiger partial charge in [-0.1, -0.05) is 18.2 Å². The highest BCUT2D eigenvalue weighted by Gasteiger charge is 2.39. The summed E-state index contributed by atoms with van der Waals surface area (Å²) in [5.74, 6) is -9.42. The lowest BCUT2D eigenvalue weighted by Crippen LogP contribution is -2.37. The monoisotopic (exact) mass is 531 g/mol. The molecule has 0 aliphatic rings.